The van der Waals surface area contributed by atoms with Gasteiger partial charge in [-0.3, -0.25) is 0 Å². The maximum Gasteiger partial charge on any atom is 0.0953 e. The largest absolute Gasteiger partial charge is 0.320 e. The van der Waals surface area contributed by atoms with Crippen LogP contribution < -0.4 is 5.73 Å². The fourth-order valence-electron chi connectivity index (χ4n) is 1.20. The Morgan fingerprint density at radius 1 is 1.60 bits per heavy atom. The van der Waals surface area contributed by atoms with Gasteiger partial charge in [-0.05, 0) is 30.8 Å². The Bertz CT molecular complexity index is 215. The molecule has 1 aromatic rings. The van der Waals surface area contributed by atoms with Crippen molar-refractivity contribution < 1.29 is 0 Å². The number of aromatic nitrogens is 2. The Balaban J connectivity index is 2.27. The third-order valence-electron chi connectivity index (χ3n) is 2.12. The Labute approximate surface area is 63.4 Å². The Hall–Kier alpha value is -0.480. The fourth-order valence-corrected chi connectivity index (χ4v) is 1.76. The van der Waals surface area contributed by atoms with Crippen molar-refractivity contribution in [3.05, 3.63) is 11.1 Å². The van der Waals surface area contributed by atoms with Crippen LogP contribution in [-0.4, -0.2) is 9.59 Å². The summed E-state index contributed by atoms with van der Waals surface area (Å²) in [5.41, 5.74) is 6.83. The molecule has 1 aliphatic rings. The lowest BCUT2D eigenvalue weighted by molar-refractivity contribution is 0.246. The van der Waals surface area contributed by atoms with Crippen molar-refractivity contribution in [2.24, 2.45) is 5.73 Å². The molecule has 0 aromatic carbocycles. The highest BCUT2D eigenvalue weighted by Crippen LogP contribution is 2.37. The number of hydrogen-bond donors (Lipinski definition) is 1. The molecule has 0 atom stereocenters. The van der Waals surface area contributed by atoms with E-state index >= 15 is 0 Å². The quantitative estimate of drug-likeness (QED) is 0.655. The zero-order valence-corrected chi connectivity index (χ0v) is 6.40. The lowest BCUT2D eigenvalue weighted by Gasteiger charge is -2.35. The van der Waals surface area contributed by atoms with Gasteiger partial charge in [0.1, 0.15) is 0 Å². The van der Waals surface area contributed by atoms with Gasteiger partial charge in [0, 0.05) is 5.38 Å². The topological polar surface area (TPSA) is 51.8 Å². The SMILES string of the molecule is NC1(c2csnn2)CCC1. The van der Waals surface area contributed by atoms with Gasteiger partial charge >= 0.3 is 0 Å². The smallest absolute Gasteiger partial charge is 0.0953 e. The van der Waals surface area contributed by atoms with Gasteiger partial charge in [-0.2, -0.15) is 0 Å². The van der Waals surface area contributed by atoms with Gasteiger partial charge < -0.3 is 5.73 Å². The molecular weight excluding hydrogens is 146 g/mol. The number of nitrogens with zero attached hydrogens (tertiary/aromatic N) is 2. The minimum absolute atomic E-state index is 0.118. The van der Waals surface area contributed by atoms with Crippen molar-refractivity contribution >= 4 is 11.5 Å². The predicted octanol–water partition coefficient (Wildman–Crippen LogP) is 0.876. The summed E-state index contributed by atoms with van der Waals surface area (Å²) in [5.74, 6) is 0. The van der Waals surface area contributed by atoms with Gasteiger partial charge in [-0.15, -0.1) is 5.10 Å². The molecule has 2 N–H and O–H groups in total. The third-order valence-corrected chi connectivity index (χ3v) is 2.62. The third kappa shape index (κ3) is 0.759. The van der Waals surface area contributed by atoms with E-state index in [9.17, 15) is 0 Å². The van der Waals surface area contributed by atoms with E-state index in [1.165, 1.54) is 18.0 Å². The molecule has 0 radical (unpaired) electrons. The summed E-state index contributed by atoms with van der Waals surface area (Å²) >= 11 is 1.37. The normalized spacial score (nSPS) is 22.1. The van der Waals surface area contributed by atoms with Crippen LogP contribution >= 0.6 is 11.5 Å². The molecule has 2 rings (SSSR count). The van der Waals surface area contributed by atoms with Crippen LogP contribution in [0, 0.1) is 0 Å². The lowest BCUT2D eigenvalue weighted by Crippen LogP contribution is -2.43. The van der Waals surface area contributed by atoms with E-state index < -0.39 is 0 Å². The van der Waals surface area contributed by atoms with Crippen LogP contribution in [-0.2, 0) is 5.54 Å². The van der Waals surface area contributed by atoms with E-state index in [0.29, 0.717) is 0 Å². The Kier molecular flexibility index (Phi) is 1.25. The summed E-state index contributed by atoms with van der Waals surface area (Å²) in [4.78, 5) is 0. The molecule has 0 aliphatic heterocycles. The highest BCUT2D eigenvalue weighted by molar-refractivity contribution is 7.03. The first-order chi connectivity index (χ1) is 4.81. The standard InChI is InChI=1S/C6H9N3S/c7-6(2-1-3-6)5-4-10-9-8-5/h4H,1-3,7H2. The highest BCUT2D eigenvalue weighted by Gasteiger charge is 2.36. The molecule has 3 nitrogen and oxygen atoms in total. The van der Waals surface area contributed by atoms with Crippen LogP contribution in [0.2, 0.25) is 0 Å². The van der Waals surface area contributed by atoms with E-state index in [2.05, 4.69) is 9.59 Å². The van der Waals surface area contributed by atoms with Crippen molar-refractivity contribution in [3.8, 4) is 0 Å². The maximum atomic E-state index is 5.97. The summed E-state index contributed by atoms with van der Waals surface area (Å²) in [6, 6.07) is 0. The van der Waals surface area contributed by atoms with E-state index in [1.807, 2.05) is 5.38 Å². The number of rotatable bonds is 1. The first-order valence-electron chi connectivity index (χ1n) is 3.38. The summed E-state index contributed by atoms with van der Waals surface area (Å²) < 4.78 is 3.78. The number of hydrogen-bond acceptors (Lipinski definition) is 4. The molecule has 0 unspecified atom stereocenters. The van der Waals surface area contributed by atoms with Crippen molar-refractivity contribution in [1.29, 1.82) is 0 Å². The predicted molar refractivity (Wildman–Crippen MR) is 39.6 cm³/mol. The minimum Gasteiger partial charge on any atom is -0.320 e. The molecule has 1 aliphatic carbocycles. The Morgan fingerprint density at radius 2 is 2.40 bits per heavy atom. The average molecular weight is 155 g/mol. The summed E-state index contributed by atoms with van der Waals surface area (Å²) in [5, 5.41) is 5.90. The summed E-state index contributed by atoms with van der Waals surface area (Å²) in [6.45, 7) is 0. The maximum absolute atomic E-state index is 5.97. The van der Waals surface area contributed by atoms with E-state index in [4.69, 9.17) is 5.73 Å². The van der Waals surface area contributed by atoms with Gasteiger partial charge in [-0.25, -0.2) is 0 Å². The molecule has 0 bridgehead atoms. The van der Waals surface area contributed by atoms with Crippen LogP contribution in [0.4, 0.5) is 0 Å². The van der Waals surface area contributed by atoms with Crippen molar-refractivity contribution in [2.75, 3.05) is 0 Å². The Morgan fingerprint density at radius 3 is 2.80 bits per heavy atom. The molecule has 54 valence electrons. The molecule has 4 heteroatoms. The molecule has 1 saturated carbocycles. The van der Waals surface area contributed by atoms with Gasteiger partial charge in [0.05, 0.1) is 11.2 Å². The molecule has 1 fully saturated rings. The summed E-state index contributed by atoms with van der Waals surface area (Å²) in [6.07, 6.45) is 3.37. The fraction of sp³-hybridized carbons (Fsp3) is 0.667. The molecule has 0 amide bonds. The van der Waals surface area contributed by atoms with Gasteiger partial charge in [0.15, 0.2) is 0 Å². The summed E-state index contributed by atoms with van der Waals surface area (Å²) in [7, 11) is 0. The monoisotopic (exact) mass is 155 g/mol. The highest BCUT2D eigenvalue weighted by atomic mass is 32.1. The van der Waals surface area contributed by atoms with Crippen LogP contribution in [0.3, 0.4) is 0 Å². The molecule has 0 saturated heterocycles. The molecule has 1 aromatic heterocycles. The zero-order chi connectivity index (χ0) is 7.03. The average Bonchev–Trinajstić information content (AvgIpc) is 2.33. The van der Waals surface area contributed by atoms with E-state index in [1.54, 1.807) is 0 Å². The van der Waals surface area contributed by atoms with E-state index in [0.717, 1.165) is 18.5 Å². The second-order valence-electron chi connectivity index (χ2n) is 2.80. The molecular formula is C6H9N3S. The van der Waals surface area contributed by atoms with Crippen LogP contribution in [0.1, 0.15) is 25.0 Å². The van der Waals surface area contributed by atoms with Gasteiger partial charge in [-0.1, -0.05) is 4.49 Å². The van der Waals surface area contributed by atoms with Crippen molar-refractivity contribution in [3.63, 3.8) is 0 Å². The minimum atomic E-state index is -0.118. The second kappa shape index (κ2) is 2.00. The number of nitrogens with two attached hydrogens (primary N) is 1. The van der Waals surface area contributed by atoms with Gasteiger partial charge in [0.2, 0.25) is 0 Å². The molecule has 10 heavy (non-hydrogen) atoms. The van der Waals surface area contributed by atoms with Crippen LogP contribution in [0.5, 0.6) is 0 Å². The zero-order valence-electron chi connectivity index (χ0n) is 5.58. The van der Waals surface area contributed by atoms with Crippen molar-refractivity contribution in [1.82, 2.24) is 9.59 Å². The van der Waals surface area contributed by atoms with Crippen LogP contribution in [0.25, 0.3) is 0 Å². The van der Waals surface area contributed by atoms with Crippen molar-refractivity contribution in [2.45, 2.75) is 24.8 Å². The second-order valence-corrected chi connectivity index (χ2v) is 3.41. The van der Waals surface area contributed by atoms with Crippen LogP contribution in [0.15, 0.2) is 5.38 Å². The first kappa shape index (κ1) is 6.24. The first-order valence-corrected chi connectivity index (χ1v) is 4.21. The lowest BCUT2D eigenvalue weighted by atomic mass is 9.76. The van der Waals surface area contributed by atoms with Gasteiger partial charge in [0.25, 0.3) is 0 Å². The van der Waals surface area contributed by atoms with E-state index in [-0.39, 0.29) is 5.54 Å². The molecule has 1 heterocycles. The molecule has 0 spiro atoms.